The molecule has 6 nitrogen and oxygen atoms in total. The molecule has 0 bridgehead atoms. The Labute approximate surface area is 160 Å². The van der Waals surface area contributed by atoms with E-state index in [1.54, 1.807) is 32.0 Å². The van der Waals surface area contributed by atoms with Crippen molar-refractivity contribution < 1.29 is 17.9 Å². The number of para-hydroxylation sites is 1. The second kappa shape index (κ2) is 8.10. The minimum atomic E-state index is -3.57. The van der Waals surface area contributed by atoms with Crippen molar-refractivity contribution in [1.29, 1.82) is 0 Å². The molecule has 0 spiro atoms. The lowest BCUT2D eigenvalue weighted by Gasteiger charge is -2.24. The molecular formula is C20H24N2O4S. The summed E-state index contributed by atoms with van der Waals surface area (Å²) in [5.41, 5.74) is 1.47. The van der Waals surface area contributed by atoms with Gasteiger partial charge in [0.25, 0.3) is 0 Å². The zero-order valence-corrected chi connectivity index (χ0v) is 16.3. The van der Waals surface area contributed by atoms with Gasteiger partial charge in [-0.15, -0.1) is 0 Å². The Hall–Kier alpha value is -2.38. The lowest BCUT2D eigenvalue weighted by atomic mass is 9.96. The van der Waals surface area contributed by atoms with E-state index in [0.717, 1.165) is 11.3 Å². The number of ether oxygens (including phenoxy) is 1. The van der Waals surface area contributed by atoms with Crippen molar-refractivity contribution >= 4 is 21.6 Å². The van der Waals surface area contributed by atoms with Gasteiger partial charge in [-0.1, -0.05) is 38.1 Å². The fraction of sp³-hybridized carbons (Fsp3) is 0.350. The molecule has 1 N–H and O–H groups in total. The van der Waals surface area contributed by atoms with Crippen molar-refractivity contribution in [2.24, 2.45) is 5.92 Å². The third kappa shape index (κ3) is 4.14. The van der Waals surface area contributed by atoms with Crippen LogP contribution in [0.15, 0.2) is 53.4 Å². The molecule has 7 heteroatoms. The van der Waals surface area contributed by atoms with E-state index in [4.69, 9.17) is 4.74 Å². The highest BCUT2D eigenvalue weighted by molar-refractivity contribution is 7.89. The predicted octanol–water partition coefficient (Wildman–Crippen LogP) is 2.91. The van der Waals surface area contributed by atoms with Crippen LogP contribution in [0, 0.1) is 5.92 Å². The van der Waals surface area contributed by atoms with Crippen LogP contribution in [0.3, 0.4) is 0 Å². The van der Waals surface area contributed by atoms with Gasteiger partial charge in [0.1, 0.15) is 12.4 Å². The Morgan fingerprint density at radius 3 is 2.63 bits per heavy atom. The third-order valence-corrected chi connectivity index (χ3v) is 6.74. The van der Waals surface area contributed by atoms with Crippen molar-refractivity contribution in [2.75, 3.05) is 25.0 Å². The maximum Gasteiger partial charge on any atom is 0.243 e. The van der Waals surface area contributed by atoms with E-state index in [9.17, 15) is 13.2 Å². The van der Waals surface area contributed by atoms with Crippen molar-refractivity contribution in [3.8, 4) is 5.75 Å². The number of fused-ring (bicyclic) bond motifs is 1. The molecule has 0 aliphatic carbocycles. The summed E-state index contributed by atoms with van der Waals surface area (Å²) in [4.78, 5) is 12.8. The molecule has 144 valence electrons. The van der Waals surface area contributed by atoms with Gasteiger partial charge in [0.15, 0.2) is 0 Å². The number of carbonyl (C=O) groups is 1. The average Bonchev–Trinajstić information content (AvgIpc) is 2.68. The van der Waals surface area contributed by atoms with Gasteiger partial charge in [-0.25, -0.2) is 8.42 Å². The van der Waals surface area contributed by atoms with Crippen LogP contribution in [0.1, 0.15) is 19.4 Å². The Balaban J connectivity index is 1.74. The number of nitrogens with zero attached hydrogens (tertiary/aromatic N) is 1. The number of carbonyl (C=O) groups excluding carboxylic acids is 1. The number of benzene rings is 2. The number of hydrogen-bond acceptors (Lipinski definition) is 4. The predicted molar refractivity (Wildman–Crippen MR) is 104 cm³/mol. The first-order chi connectivity index (χ1) is 13.0. The first-order valence-electron chi connectivity index (χ1n) is 9.07. The molecule has 3 rings (SSSR count). The molecule has 1 amide bonds. The van der Waals surface area contributed by atoms with Gasteiger partial charge in [0.05, 0.1) is 10.8 Å². The molecule has 1 aliphatic heterocycles. The lowest BCUT2D eigenvalue weighted by molar-refractivity contribution is -0.121. The maximum atomic E-state index is 12.7. The second-order valence-corrected chi connectivity index (χ2v) is 8.36. The Morgan fingerprint density at radius 2 is 1.89 bits per heavy atom. The maximum absolute atomic E-state index is 12.7. The molecule has 1 aliphatic rings. The normalized spacial score (nSPS) is 16.5. The second-order valence-electron chi connectivity index (χ2n) is 6.43. The monoisotopic (exact) mass is 388 g/mol. The zero-order chi connectivity index (χ0) is 19.4. The molecular weight excluding hydrogens is 364 g/mol. The number of sulfonamides is 1. The molecule has 0 saturated carbocycles. The van der Waals surface area contributed by atoms with E-state index in [1.807, 2.05) is 24.3 Å². The molecule has 27 heavy (non-hydrogen) atoms. The number of rotatable bonds is 6. The number of amides is 1. The van der Waals surface area contributed by atoms with Gasteiger partial charge in [-0.3, -0.25) is 4.79 Å². The zero-order valence-electron chi connectivity index (χ0n) is 15.5. The summed E-state index contributed by atoms with van der Waals surface area (Å²) in [6, 6.07) is 14.0. The van der Waals surface area contributed by atoms with E-state index in [-0.39, 0.29) is 16.7 Å². The SMILES string of the molecule is CCN(CC)S(=O)(=O)c1cccc(NC(=O)[C@@H]2COc3ccccc3C2)c1. The molecule has 0 aromatic heterocycles. The molecule has 1 atom stereocenters. The third-order valence-electron chi connectivity index (χ3n) is 4.69. The van der Waals surface area contributed by atoms with E-state index >= 15 is 0 Å². The van der Waals surface area contributed by atoms with Crippen LogP contribution in [-0.2, 0) is 21.2 Å². The Bertz CT molecular complexity index is 923. The standard InChI is InChI=1S/C20H24N2O4S/c1-3-22(4-2)27(24,25)18-10-7-9-17(13-18)21-20(23)16-12-15-8-5-6-11-19(15)26-14-16/h5-11,13,16H,3-4,12,14H2,1-2H3,(H,21,23)/t16-/m0/s1. The highest BCUT2D eigenvalue weighted by Gasteiger charge is 2.26. The summed E-state index contributed by atoms with van der Waals surface area (Å²) in [6.45, 7) is 4.70. The van der Waals surface area contributed by atoms with Crippen LogP contribution in [0.2, 0.25) is 0 Å². The van der Waals surface area contributed by atoms with Crippen molar-refractivity contribution in [1.82, 2.24) is 4.31 Å². The van der Waals surface area contributed by atoms with Crippen LogP contribution >= 0.6 is 0 Å². The van der Waals surface area contributed by atoms with Crippen LogP contribution in [0.4, 0.5) is 5.69 Å². The quantitative estimate of drug-likeness (QED) is 0.826. The molecule has 0 unspecified atom stereocenters. The topological polar surface area (TPSA) is 75.7 Å². The minimum absolute atomic E-state index is 0.175. The van der Waals surface area contributed by atoms with E-state index < -0.39 is 10.0 Å². The van der Waals surface area contributed by atoms with E-state index in [0.29, 0.717) is 31.8 Å². The van der Waals surface area contributed by atoms with Gasteiger partial charge in [0.2, 0.25) is 15.9 Å². The smallest absolute Gasteiger partial charge is 0.243 e. The molecule has 0 radical (unpaired) electrons. The van der Waals surface area contributed by atoms with Crippen LogP contribution in [0.25, 0.3) is 0 Å². The summed E-state index contributed by atoms with van der Waals surface area (Å²) >= 11 is 0. The average molecular weight is 388 g/mol. The Morgan fingerprint density at radius 1 is 1.15 bits per heavy atom. The highest BCUT2D eigenvalue weighted by atomic mass is 32.2. The van der Waals surface area contributed by atoms with E-state index in [2.05, 4.69) is 5.32 Å². The van der Waals surface area contributed by atoms with Gasteiger partial charge < -0.3 is 10.1 Å². The largest absolute Gasteiger partial charge is 0.492 e. The van der Waals surface area contributed by atoms with Gasteiger partial charge in [-0.2, -0.15) is 4.31 Å². The molecule has 2 aromatic carbocycles. The van der Waals surface area contributed by atoms with Gasteiger partial charge in [-0.05, 0) is 36.2 Å². The summed E-state index contributed by atoms with van der Waals surface area (Å²) < 4.78 is 32.4. The highest BCUT2D eigenvalue weighted by Crippen LogP contribution is 2.28. The fourth-order valence-corrected chi connectivity index (χ4v) is 4.69. The molecule has 0 fully saturated rings. The number of hydrogen-bond donors (Lipinski definition) is 1. The molecule has 1 heterocycles. The lowest BCUT2D eigenvalue weighted by Crippen LogP contribution is -2.33. The molecule has 2 aromatic rings. The Kier molecular flexibility index (Phi) is 5.82. The summed E-state index contributed by atoms with van der Waals surface area (Å²) in [5.74, 6) is 0.318. The van der Waals surface area contributed by atoms with Crippen molar-refractivity contribution in [3.63, 3.8) is 0 Å². The van der Waals surface area contributed by atoms with E-state index in [1.165, 1.54) is 10.4 Å². The van der Waals surface area contributed by atoms with Crippen molar-refractivity contribution in [3.05, 3.63) is 54.1 Å². The first kappa shape index (κ1) is 19.4. The summed E-state index contributed by atoms with van der Waals surface area (Å²) in [5, 5.41) is 2.83. The number of anilines is 1. The van der Waals surface area contributed by atoms with Crippen LogP contribution < -0.4 is 10.1 Å². The minimum Gasteiger partial charge on any atom is -0.492 e. The van der Waals surface area contributed by atoms with Crippen LogP contribution in [0.5, 0.6) is 5.75 Å². The van der Waals surface area contributed by atoms with Gasteiger partial charge in [0, 0.05) is 18.8 Å². The summed E-state index contributed by atoms with van der Waals surface area (Å²) in [6.07, 6.45) is 0.597. The van der Waals surface area contributed by atoms with Gasteiger partial charge >= 0.3 is 0 Å². The summed E-state index contributed by atoms with van der Waals surface area (Å²) in [7, 11) is -3.57. The number of nitrogens with one attached hydrogen (secondary N) is 1. The van der Waals surface area contributed by atoms with Crippen LogP contribution in [-0.4, -0.2) is 38.3 Å². The molecule has 0 saturated heterocycles. The fourth-order valence-electron chi connectivity index (χ4n) is 3.19. The first-order valence-corrected chi connectivity index (χ1v) is 10.5. The van der Waals surface area contributed by atoms with Crippen molar-refractivity contribution in [2.45, 2.75) is 25.2 Å².